The van der Waals surface area contributed by atoms with Crippen molar-refractivity contribution in [3.05, 3.63) is 12.4 Å². The molecule has 0 amide bonds. The van der Waals surface area contributed by atoms with E-state index in [4.69, 9.17) is 9.88 Å². The summed E-state index contributed by atoms with van der Waals surface area (Å²) in [6.45, 7) is 1.07. The van der Waals surface area contributed by atoms with Gasteiger partial charge in [0.05, 0.1) is 25.0 Å². The highest BCUT2D eigenvalue weighted by Crippen LogP contribution is 2.05. The van der Waals surface area contributed by atoms with Gasteiger partial charge < -0.3 is 4.74 Å². The van der Waals surface area contributed by atoms with Crippen LogP contribution in [0, 0.1) is 0 Å². The van der Waals surface area contributed by atoms with Gasteiger partial charge in [0.15, 0.2) is 0 Å². The van der Waals surface area contributed by atoms with Crippen LogP contribution in [-0.4, -0.2) is 31.9 Å². The second-order valence-electron chi connectivity index (χ2n) is 2.63. The Morgan fingerprint density at radius 3 is 3.00 bits per heavy atom. The van der Waals surface area contributed by atoms with E-state index in [1.807, 2.05) is 0 Å². The molecule has 80 valence electrons. The van der Waals surface area contributed by atoms with Gasteiger partial charge in [0, 0.05) is 13.3 Å². The zero-order chi connectivity index (χ0) is 10.6. The number of hydrogen-bond donors (Lipinski definition) is 2. The van der Waals surface area contributed by atoms with Crippen molar-refractivity contribution in [3.63, 3.8) is 0 Å². The maximum atomic E-state index is 10.6. The number of nitrogens with one attached hydrogen (secondary N) is 1. The number of nitrogens with two attached hydrogens (primary N) is 1. The van der Waals surface area contributed by atoms with Crippen LogP contribution in [0.4, 0.5) is 5.69 Å². The third kappa shape index (κ3) is 3.73. The Bertz CT molecular complexity index is 386. The molecular formula is C6H12N4O3S. The third-order valence-electron chi connectivity index (χ3n) is 1.42. The smallest absolute Gasteiger partial charge is 0.296 e. The first-order valence-corrected chi connectivity index (χ1v) is 5.38. The van der Waals surface area contributed by atoms with Crippen molar-refractivity contribution in [3.8, 4) is 0 Å². The molecule has 0 aliphatic rings. The van der Waals surface area contributed by atoms with Crippen LogP contribution in [0.5, 0.6) is 0 Å². The molecular weight excluding hydrogens is 208 g/mol. The molecule has 1 aromatic heterocycles. The van der Waals surface area contributed by atoms with E-state index < -0.39 is 10.2 Å². The number of aromatic nitrogens is 2. The lowest BCUT2D eigenvalue weighted by atomic mass is 10.6. The zero-order valence-electron chi connectivity index (χ0n) is 7.67. The SMILES string of the molecule is COCCn1cc(NS(N)(=O)=O)cn1. The molecule has 0 fully saturated rings. The van der Waals surface area contributed by atoms with E-state index in [9.17, 15) is 8.42 Å². The molecule has 1 heterocycles. The van der Waals surface area contributed by atoms with Gasteiger partial charge >= 0.3 is 0 Å². The van der Waals surface area contributed by atoms with Crippen molar-refractivity contribution in [1.29, 1.82) is 0 Å². The van der Waals surface area contributed by atoms with E-state index in [1.165, 1.54) is 12.4 Å². The quantitative estimate of drug-likeness (QED) is 0.674. The summed E-state index contributed by atoms with van der Waals surface area (Å²) in [5, 5.41) is 8.67. The number of methoxy groups -OCH3 is 1. The van der Waals surface area contributed by atoms with Crippen LogP contribution >= 0.6 is 0 Å². The summed E-state index contributed by atoms with van der Waals surface area (Å²) in [7, 11) is -2.14. The van der Waals surface area contributed by atoms with Gasteiger partial charge in [0.25, 0.3) is 10.2 Å². The van der Waals surface area contributed by atoms with E-state index in [0.29, 0.717) is 18.8 Å². The molecule has 0 aliphatic heterocycles. The fourth-order valence-electron chi connectivity index (χ4n) is 0.888. The first-order chi connectivity index (χ1) is 6.51. The molecule has 0 unspecified atom stereocenters. The van der Waals surface area contributed by atoms with Crippen LogP contribution in [0.25, 0.3) is 0 Å². The van der Waals surface area contributed by atoms with Crippen molar-refractivity contribution in [2.75, 3.05) is 18.4 Å². The van der Waals surface area contributed by atoms with E-state index >= 15 is 0 Å². The van der Waals surface area contributed by atoms with E-state index in [-0.39, 0.29) is 0 Å². The molecule has 8 heteroatoms. The molecule has 1 rings (SSSR count). The second-order valence-corrected chi connectivity index (χ2v) is 3.93. The summed E-state index contributed by atoms with van der Waals surface area (Å²) in [5.74, 6) is 0. The molecule has 0 aliphatic carbocycles. The normalized spacial score (nSPS) is 11.6. The molecule has 1 aromatic rings. The molecule has 3 N–H and O–H groups in total. The molecule has 14 heavy (non-hydrogen) atoms. The Morgan fingerprint density at radius 2 is 2.43 bits per heavy atom. The Balaban J connectivity index is 2.59. The van der Waals surface area contributed by atoms with Gasteiger partial charge in [-0.1, -0.05) is 0 Å². The fourth-order valence-corrected chi connectivity index (χ4v) is 1.32. The second kappa shape index (κ2) is 4.40. The Labute approximate surface area is 82.0 Å². The summed E-state index contributed by atoms with van der Waals surface area (Å²) in [6, 6.07) is 0. The minimum Gasteiger partial charge on any atom is -0.383 e. The summed E-state index contributed by atoms with van der Waals surface area (Å²) < 4.78 is 29.7. The number of hydrogen-bond acceptors (Lipinski definition) is 4. The molecule has 7 nitrogen and oxygen atoms in total. The van der Waals surface area contributed by atoms with E-state index in [1.54, 1.807) is 11.8 Å². The summed E-state index contributed by atoms with van der Waals surface area (Å²) in [4.78, 5) is 0. The van der Waals surface area contributed by atoms with Crippen LogP contribution in [0.15, 0.2) is 12.4 Å². The molecule has 0 atom stereocenters. The van der Waals surface area contributed by atoms with E-state index in [0.717, 1.165) is 0 Å². The predicted molar refractivity (Wildman–Crippen MR) is 50.8 cm³/mol. The average molecular weight is 220 g/mol. The molecule has 0 bridgehead atoms. The van der Waals surface area contributed by atoms with E-state index in [2.05, 4.69) is 9.82 Å². The predicted octanol–water partition coefficient (Wildman–Crippen LogP) is -0.855. The van der Waals surface area contributed by atoms with Crippen LogP contribution in [0.1, 0.15) is 0 Å². The molecule has 0 saturated heterocycles. The van der Waals surface area contributed by atoms with Crippen LogP contribution in [-0.2, 0) is 21.5 Å². The standard InChI is InChI=1S/C6H12N4O3S/c1-13-3-2-10-5-6(4-8-10)9-14(7,11)12/h4-5,9H,2-3H2,1H3,(H2,7,11,12). The number of anilines is 1. The van der Waals surface area contributed by atoms with Gasteiger partial charge in [-0.25, -0.2) is 5.14 Å². The lowest BCUT2D eigenvalue weighted by molar-refractivity contribution is 0.183. The molecule has 0 radical (unpaired) electrons. The molecule has 0 aromatic carbocycles. The minimum absolute atomic E-state index is 0.337. The Kier molecular flexibility index (Phi) is 3.44. The van der Waals surface area contributed by atoms with Crippen molar-refractivity contribution in [2.45, 2.75) is 6.54 Å². The first kappa shape index (κ1) is 11.0. The first-order valence-electron chi connectivity index (χ1n) is 3.83. The Hall–Kier alpha value is -1.12. The maximum absolute atomic E-state index is 10.6. The average Bonchev–Trinajstić information content (AvgIpc) is 2.46. The van der Waals surface area contributed by atoms with Crippen LogP contribution < -0.4 is 9.86 Å². The third-order valence-corrected chi connectivity index (χ3v) is 1.94. The summed E-state index contributed by atoms with van der Waals surface area (Å²) in [5.41, 5.74) is 0.337. The lowest BCUT2D eigenvalue weighted by Gasteiger charge is -1.99. The fraction of sp³-hybridized carbons (Fsp3) is 0.500. The van der Waals surface area contributed by atoms with Gasteiger partial charge in [-0.2, -0.15) is 13.5 Å². The largest absolute Gasteiger partial charge is 0.383 e. The van der Waals surface area contributed by atoms with Gasteiger partial charge in [0.2, 0.25) is 0 Å². The van der Waals surface area contributed by atoms with Crippen LogP contribution in [0.2, 0.25) is 0 Å². The maximum Gasteiger partial charge on any atom is 0.296 e. The summed E-state index contributed by atoms with van der Waals surface area (Å²) in [6.07, 6.45) is 2.91. The Morgan fingerprint density at radius 1 is 1.71 bits per heavy atom. The van der Waals surface area contributed by atoms with Crippen molar-refractivity contribution < 1.29 is 13.2 Å². The monoisotopic (exact) mass is 220 g/mol. The van der Waals surface area contributed by atoms with Gasteiger partial charge in [-0.15, -0.1) is 0 Å². The number of rotatable bonds is 5. The van der Waals surface area contributed by atoms with Crippen molar-refractivity contribution in [1.82, 2.24) is 9.78 Å². The molecule has 0 saturated carbocycles. The van der Waals surface area contributed by atoms with Crippen molar-refractivity contribution in [2.24, 2.45) is 5.14 Å². The van der Waals surface area contributed by atoms with Gasteiger partial charge in [0.1, 0.15) is 0 Å². The van der Waals surface area contributed by atoms with Gasteiger partial charge in [-0.3, -0.25) is 9.40 Å². The van der Waals surface area contributed by atoms with Crippen LogP contribution in [0.3, 0.4) is 0 Å². The highest BCUT2D eigenvalue weighted by Gasteiger charge is 2.04. The zero-order valence-corrected chi connectivity index (χ0v) is 8.49. The summed E-state index contributed by atoms with van der Waals surface area (Å²) >= 11 is 0. The minimum atomic E-state index is -3.72. The topological polar surface area (TPSA) is 99.2 Å². The highest BCUT2D eigenvalue weighted by molar-refractivity contribution is 7.90. The number of nitrogens with zero attached hydrogens (tertiary/aromatic N) is 2. The van der Waals surface area contributed by atoms with Crippen molar-refractivity contribution >= 4 is 15.9 Å². The number of ether oxygens (including phenoxy) is 1. The van der Waals surface area contributed by atoms with Gasteiger partial charge in [-0.05, 0) is 0 Å². The highest BCUT2D eigenvalue weighted by atomic mass is 32.2. The molecule has 0 spiro atoms. The lowest BCUT2D eigenvalue weighted by Crippen LogP contribution is -2.21.